The number of hydrogen-bond donors (Lipinski definition) is 1. The molecule has 5 heteroatoms. The summed E-state index contributed by atoms with van der Waals surface area (Å²) in [4.78, 5) is 13.9. The molecule has 1 N–H and O–H groups in total. The van der Waals surface area contributed by atoms with Gasteiger partial charge < -0.3 is 10.2 Å². The first-order valence-electron chi connectivity index (χ1n) is 6.53. The van der Waals surface area contributed by atoms with Crippen molar-refractivity contribution in [2.75, 3.05) is 5.32 Å². The monoisotopic (exact) mass is 268 g/mol. The summed E-state index contributed by atoms with van der Waals surface area (Å²) in [7, 11) is 0. The Labute approximate surface area is 111 Å². The van der Waals surface area contributed by atoms with Gasteiger partial charge in [0.05, 0.1) is 5.69 Å². The molecule has 0 aliphatic carbocycles. The molecule has 1 aromatic carbocycles. The number of benzene rings is 1. The van der Waals surface area contributed by atoms with Gasteiger partial charge in [0.1, 0.15) is 11.6 Å². The summed E-state index contributed by atoms with van der Waals surface area (Å²) < 4.78 is 26.3. The predicted octanol–water partition coefficient (Wildman–Crippen LogP) is 3.76. The van der Waals surface area contributed by atoms with Crippen molar-refractivity contribution in [3.63, 3.8) is 0 Å². The van der Waals surface area contributed by atoms with Gasteiger partial charge in [-0.3, -0.25) is 0 Å². The lowest BCUT2D eigenvalue weighted by Crippen LogP contribution is -2.49. The molecule has 0 saturated carbocycles. The SMILES string of the molecule is CC1CCCC(C)N1C(=O)Nc1ccc(F)cc1F. The zero-order chi connectivity index (χ0) is 14.0. The molecule has 2 rings (SSSR count). The number of likely N-dealkylation sites (tertiary alicyclic amines) is 1. The van der Waals surface area contributed by atoms with Gasteiger partial charge in [-0.2, -0.15) is 0 Å². The zero-order valence-electron chi connectivity index (χ0n) is 11.1. The Bertz CT molecular complexity index is 469. The molecular weight excluding hydrogens is 250 g/mol. The highest BCUT2D eigenvalue weighted by Crippen LogP contribution is 2.24. The molecule has 2 amide bonds. The van der Waals surface area contributed by atoms with Crippen LogP contribution >= 0.6 is 0 Å². The van der Waals surface area contributed by atoms with E-state index in [1.54, 1.807) is 4.90 Å². The molecule has 1 heterocycles. The minimum atomic E-state index is -0.759. The normalized spacial score (nSPS) is 23.3. The number of carbonyl (C=O) groups is 1. The van der Waals surface area contributed by atoms with Crippen LogP contribution in [0.2, 0.25) is 0 Å². The molecule has 19 heavy (non-hydrogen) atoms. The number of nitrogens with zero attached hydrogens (tertiary/aromatic N) is 1. The lowest BCUT2D eigenvalue weighted by molar-refractivity contribution is 0.133. The van der Waals surface area contributed by atoms with Crippen molar-refractivity contribution in [3.8, 4) is 0 Å². The Balaban J connectivity index is 2.11. The first kappa shape index (κ1) is 13.8. The minimum absolute atomic E-state index is 0.0105. The second-order valence-electron chi connectivity index (χ2n) is 5.09. The number of anilines is 1. The summed E-state index contributed by atoms with van der Waals surface area (Å²) in [5, 5.41) is 2.51. The molecule has 1 saturated heterocycles. The second kappa shape index (κ2) is 5.55. The van der Waals surface area contributed by atoms with E-state index in [9.17, 15) is 13.6 Å². The van der Waals surface area contributed by atoms with Crippen LogP contribution in [0.3, 0.4) is 0 Å². The fraction of sp³-hybridized carbons (Fsp3) is 0.500. The molecule has 1 aliphatic rings. The predicted molar refractivity (Wildman–Crippen MR) is 70.0 cm³/mol. The maximum atomic E-state index is 13.5. The van der Waals surface area contributed by atoms with Crippen LogP contribution in [0.25, 0.3) is 0 Å². The Morgan fingerprint density at radius 1 is 1.26 bits per heavy atom. The maximum Gasteiger partial charge on any atom is 0.322 e. The van der Waals surface area contributed by atoms with E-state index in [1.807, 2.05) is 13.8 Å². The number of halogens is 2. The molecule has 1 aliphatic heterocycles. The Hall–Kier alpha value is -1.65. The van der Waals surface area contributed by atoms with Gasteiger partial charge in [-0.05, 0) is 45.2 Å². The number of nitrogens with one attached hydrogen (secondary N) is 1. The van der Waals surface area contributed by atoms with E-state index >= 15 is 0 Å². The van der Waals surface area contributed by atoms with Gasteiger partial charge in [-0.25, -0.2) is 13.6 Å². The van der Waals surface area contributed by atoms with E-state index in [4.69, 9.17) is 0 Å². The van der Waals surface area contributed by atoms with E-state index in [0.29, 0.717) is 0 Å². The summed E-state index contributed by atoms with van der Waals surface area (Å²) >= 11 is 0. The van der Waals surface area contributed by atoms with E-state index < -0.39 is 11.6 Å². The molecule has 2 atom stereocenters. The van der Waals surface area contributed by atoms with Crippen LogP contribution in [0.15, 0.2) is 18.2 Å². The van der Waals surface area contributed by atoms with Crippen LogP contribution < -0.4 is 5.32 Å². The van der Waals surface area contributed by atoms with E-state index in [-0.39, 0.29) is 23.8 Å². The van der Waals surface area contributed by atoms with Crippen molar-refractivity contribution in [1.29, 1.82) is 0 Å². The first-order valence-corrected chi connectivity index (χ1v) is 6.53. The highest BCUT2D eigenvalue weighted by atomic mass is 19.1. The van der Waals surface area contributed by atoms with E-state index in [1.165, 1.54) is 6.07 Å². The van der Waals surface area contributed by atoms with Crippen LogP contribution in [0.1, 0.15) is 33.1 Å². The molecule has 0 bridgehead atoms. The van der Waals surface area contributed by atoms with Gasteiger partial charge in [0.2, 0.25) is 0 Å². The van der Waals surface area contributed by atoms with Crippen LogP contribution in [0.4, 0.5) is 19.3 Å². The van der Waals surface area contributed by atoms with Crippen LogP contribution in [0.5, 0.6) is 0 Å². The highest BCUT2D eigenvalue weighted by Gasteiger charge is 2.29. The third-order valence-electron chi connectivity index (χ3n) is 3.60. The van der Waals surface area contributed by atoms with Crippen LogP contribution in [-0.2, 0) is 0 Å². The van der Waals surface area contributed by atoms with Crippen molar-refractivity contribution in [3.05, 3.63) is 29.8 Å². The molecule has 3 nitrogen and oxygen atoms in total. The topological polar surface area (TPSA) is 32.3 Å². The Morgan fingerprint density at radius 2 is 1.89 bits per heavy atom. The lowest BCUT2D eigenvalue weighted by Gasteiger charge is -2.38. The van der Waals surface area contributed by atoms with Crippen molar-refractivity contribution in [1.82, 2.24) is 4.90 Å². The van der Waals surface area contributed by atoms with E-state index in [2.05, 4.69) is 5.32 Å². The third kappa shape index (κ3) is 3.03. The largest absolute Gasteiger partial charge is 0.322 e. The summed E-state index contributed by atoms with van der Waals surface area (Å²) in [5.41, 5.74) is 0.0105. The molecule has 1 fully saturated rings. The van der Waals surface area contributed by atoms with Crippen molar-refractivity contribution < 1.29 is 13.6 Å². The molecular formula is C14H18F2N2O. The number of piperidine rings is 1. The highest BCUT2D eigenvalue weighted by molar-refractivity contribution is 5.89. The average molecular weight is 268 g/mol. The quantitative estimate of drug-likeness (QED) is 0.826. The summed E-state index contributed by atoms with van der Waals surface area (Å²) in [6.45, 7) is 3.96. The molecule has 104 valence electrons. The van der Waals surface area contributed by atoms with Gasteiger partial charge in [0, 0.05) is 18.2 Å². The number of urea groups is 1. The molecule has 1 aromatic rings. The van der Waals surface area contributed by atoms with Gasteiger partial charge in [0.15, 0.2) is 0 Å². The van der Waals surface area contributed by atoms with Crippen molar-refractivity contribution in [2.24, 2.45) is 0 Å². The number of rotatable bonds is 1. The first-order chi connectivity index (χ1) is 8.99. The molecule has 0 radical (unpaired) electrons. The summed E-state index contributed by atoms with van der Waals surface area (Å²) in [6, 6.07) is 3.06. The van der Waals surface area contributed by atoms with Crippen LogP contribution in [-0.4, -0.2) is 23.0 Å². The zero-order valence-corrected chi connectivity index (χ0v) is 11.1. The fourth-order valence-electron chi connectivity index (χ4n) is 2.59. The van der Waals surface area contributed by atoms with Gasteiger partial charge in [-0.15, -0.1) is 0 Å². The third-order valence-corrected chi connectivity index (χ3v) is 3.60. The van der Waals surface area contributed by atoms with Gasteiger partial charge >= 0.3 is 6.03 Å². The summed E-state index contributed by atoms with van der Waals surface area (Å²) in [6.07, 6.45) is 2.99. The number of amides is 2. The molecule has 0 aromatic heterocycles. The lowest BCUT2D eigenvalue weighted by atomic mass is 9.98. The van der Waals surface area contributed by atoms with E-state index in [0.717, 1.165) is 31.4 Å². The minimum Gasteiger partial charge on any atom is -0.319 e. The number of hydrogen-bond acceptors (Lipinski definition) is 1. The number of carbonyl (C=O) groups excluding carboxylic acids is 1. The standard InChI is InChI=1S/C14H18F2N2O/c1-9-4-3-5-10(2)18(9)14(19)17-13-7-6-11(15)8-12(13)16/h6-10H,3-5H2,1-2H3,(H,17,19). The maximum absolute atomic E-state index is 13.5. The smallest absolute Gasteiger partial charge is 0.319 e. The summed E-state index contributed by atoms with van der Waals surface area (Å²) in [5.74, 6) is -1.42. The van der Waals surface area contributed by atoms with Crippen LogP contribution in [0, 0.1) is 11.6 Å². The fourth-order valence-corrected chi connectivity index (χ4v) is 2.59. The second-order valence-corrected chi connectivity index (χ2v) is 5.09. The molecule has 0 spiro atoms. The molecule has 2 unspecified atom stereocenters. The Morgan fingerprint density at radius 3 is 2.47 bits per heavy atom. The Kier molecular flexibility index (Phi) is 4.02. The van der Waals surface area contributed by atoms with Crippen molar-refractivity contribution in [2.45, 2.75) is 45.2 Å². The van der Waals surface area contributed by atoms with Gasteiger partial charge in [0.25, 0.3) is 0 Å². The average Bonchev–Trinajstić information content (AvgIpc) is 2.32. The van der Waals surface area contributed by atoms with Crippen molar-refractivity contribution >= 4 is 11.7 Å². The van der Waals surface area contributed by atoms with Gasteiger partial charge in [-0.1, -0.05) is 0 Å².